The van der Waals surface area contributed by atoms with Gasteiger partial charge in [0, 0.05) is 11.9 Å². The Morgan fingerprint density at radius 2 is 1.46 bits per heavy atom. The van der Waals surface area contributed by atoms with Gasteiger partial charge in [0.2, 0.25) is 0 Å². The second-order valence-corrected chi connectivity index (χ2v) is 1.47. The SMILES string of the molecule is CC.CC.CS.Cc1ccccn1. The summed E-state index contributed by atoms with van der Waals surface area (Å²) in [5.41, 5.74) is 1.07. The Hall–Kier alpha value is -0.500. The molecule has 2 heteroatoms. The van der Waals surface area contributed by atoms with Crippen LogP contribution in [0, 0.1) is 6.92 Å². The first-order chi connectivity index (χ1) is 6.39. The smallest absolute Gasteiger partial charge is 0.0372 e. The molecule has 0 bridgehead atoms. The van der Waals surface area contributed by atoms with Gasteiger partial charge in [-0.1, -0.05) is 33.8 Å². The molecule has 0 aromatic carbocycles. The largest absolute Gasteiger partial charge is 0.262 e. The van der Waals surface area contributed by atoms with E-state index in [2.05, 4.69) is 17.6 Å². The van der Waals surface area contributed by atoms with Crippen LogP contribution in [0.4, 0.5) is 0 Å². The first kappa shape index (κ1) is 18.3. The summed E-state index contributed by atoms with van der Waals surface area (Å²) in [6.07, 6.45) is 3.48. The molecule has 1 heterocycles. The lowest BCUT2D eigenvalue weighted by Crippen LogP contribution is -1.72. The van der Waals surface area contributed by atoms with Crippen molar-refractivity contribution in [3.63, 3.8) is 0 Å². The summed E-state index contributed by atoms with van der Waals surface area (Å²) in [7, 11) is 0. The Bertz CT molecular complexity index is 140. The van der Waals surface area contributed by atoms with Gasteiger partial charge in [0.25, 0.3) is 0 Å². The van der Waals surface area contributed by atoms with Crippen LogP contribution in [-0.4, -0.2) is 11.2 Å². The summed E-state index contributed by atoms with van der Waals surface area (Å²) in [4.78, 5) is 3.98. The maximum absolute atomic E-state index is 3.98. The van der Waals surface area contributed by atoms with Gasteiger partial charge < -0.3 is 0 Å². The molecule has 78 valence electrons. The Kier molecular flexibility index (Phi) is 31.8. The predicted octanol–water partition coefficient (Wildman–Crippen LogP) is 3.99. The van der Waals surface area contributed by atoms with Crippen molar-refractivity contribution in [2.75, 3.05) is 6.26 Å². The molecule has 0 radical (unpaired) electrons. The van der Waals surface area contributed by atoms with Crippen LogP contribution in [0.3, 0.4) is 0 Å². The van der Waals surface area contributed by atoms with Gasteiger partial charge in [0.05, 0.1) is 0 Å². The monoisotopic (exact) mass is 201 g/mol. The molecule has 1 nitrogen and oxygen atoms in total. The van der Waals surface area contributed by atoms with E-state index in [1.165, 1.54) is 0 Å². The van der Waals surface area contributed by atoms with E-state index in [1.807, 2.05) is 52.8 Å². The molecule has 0 aliphatic rings. The minimum atomic E-state index is 1.07. The Labute approximate surface area is 89.0 Å². The molecule has 0 spiro atoms. The molecular formula is C11H23NS. The molecule has 1 aromatic heterocycles. The van der Waals surface area contributed by atoms with Crippen molar-refractivity contribution < 1.29 is 0 Å². The highest BCUT2D eigenvalue weighted by Crippen LogP contribution is 1.85. The van der Waals surface area contributed by atoms with Crippen LogP contribution in [-0.2, 0) is 0 Å². The number of thiol groups is 1. The lowest BCUT2D eigenvalue weighted by atomic mass is 10.4. The summed E-state index contributed by atoms with van der Waals surface area (Å²) >= 11 is 3.53. The molecule has 1 aromatic rings. The average Bonchev–Trinajstić information content (AvgIpc) is 2.28. The zero-order valence-corrected chi connectivity index (χ0v) is 10.6. The van der Waals surface area contributed by atoms with Crippen molar-refractivity contribution in [1.82, 2.24) is 4.98 Å². The van der Waals surface area contributed by atoms with Crippen molar-refractivity contribution in [3.8, 4) is 0 Å². The van der Waals surface area contributed by atoms with Gasteiger partial charge in [-0.3, -0.25) is 4.98 Å². The van der Waals surface area contributed by atoms with Crippen LogP contribution < -0.4 is 0 Å². The van der Waals surface area contributed by atoms with Gasteiger partial charge >= 0.3 is 0 Å². The van der Waals surface area contributed by atoms with Crippen molar-refractivity contribution in [3.05, 3.63) is 30.1 Å². The zero-order chi connectivity index (χ0) is 11.1. The van der Waals surface area contributed by atoms with E-state index < -0.39 is 0 Å². The highest BCUT2D eigenvalue weighted by molar-refractivity contribution is 7.79. The summed E-state index contributed by atoms with van der Waals surface area (Å²) in [5.74, 6) is 0. The number of aromatic nitrogens is 1. The van der Waals surface area contributed by atoms with E-state index in [0.717, 1.165) is 5.69 Å². The number of nitrogens with zero attached hydrogens (tertiary/aromatic N) is 1. The molecule has 0 atom stereocenters. The van der Waals surface area contributed by atoms with E-state index in [0.29, 0.717) is 0 Å². The van der Waals surface area contributed by atoms with E-state index in [1.54, 1.807) is 12.5 Å². The number of hydrogen-bond acceptors (Lipinski definition) is 2. The molecule has 0 N–H and O–H groups in total. The Balaban J connectivity index is -0.000000144. The maximum atomic E-state index is 3.98. The standard InChI is InChI=1S/C6H7N.2C2H6.CH4S/c1-6-4-2-3-5-7-6;3*1-2/h2-5H,1H3;2*1-2H3;2H,1H3. The van der Waals surface area contributed by atoms with Crippen LogP contribution in [0.25, 0.3) is 0 Å². The summed E-state index contributed by atoms with van der Waals surface area (Å²) in [6, 6.07) is 5.86. The van der Waals surface area contributed by atoms with E-state index >= 15 is 0 Å². The number of aryl methyl sites for hydroxylation is 1. The van der Waals surface area contributed by atoms with Crippen molar-refractivity contribution in [2.45, 2.75) is 34.6 Å². The fourth-order valence-corrected chi connectivity index (χ4v) is 0.448. The highest BCUT2D eigenvalue weighted by atomic mass is 32.1. The van der Waals surface area contributed by atoms with Gasteiger partial charge in [-0.25, -0.2) is 0 Å². The third-order valence-corrected chi connectivity index (χ3v) is 0.813. The van der Waals surface area contributed by atoms with Gasteiger partial charge in [0.15, 0.2) is 0 Å². The van der Waals surface area contributed by atoms with Gasteiger partial charge in [-0.05, 0) is 25.3 Å². The number of hydrogen-bond donors (Lipinski definition) is 1. The van der Waals surface area contributed by atoms with Crippen molar-refractivity contribution in [2.24, 2.45) is 0 Å². The third-order valence-electron chi connectivity index (χ3n) is 0.813. The molecule has 13 heavy (non-hydrogen) atoms. The van der Waals surface area contributed by atoms with Crippen LogP contribution in [0.15, 0.2) is 24.4 Å². The topological polar surface area (TPSA) is 12.9 Å². The van der Waals surface area contributed by atoms with Crippen LogP contribution in [0.2, 0.25) is 0 Å². The summed E-state index contributed by atoms with van der Waals surface area (Å²) in [5, 5.41) is 0. The second-order valence-electron chi connectivity index (χ2n) is 1.47. The molecule has 1 rings (SSSR count). The van der Waals surface area contributed by atoms with E-state index in [-0.39, 0.29) is 0 Å². The quantitative estimate of drug-likeness (QED) is 0.626. The molecular weight excluding hydrogens is 178 g/mol. The lowest BCUT2D eigenvalue weighted by Gasteiger charge is -1.82. The first-order valence-corrected chi connectivity index (χ1v) is 5.61. The maximum Gasteiger partial charge on any atom is 0.0372 e. The van der Waals surface area contributed by atoms with Gasteiger partial charge in [-0.15, -0.1) is 0 Å². The minimum absolute atomic E-state index is 1.07. The van der Waals surface area contributed by atoms with Crippen LogP contribution in [0.1, 0.15) is 33.4 Å². The van der Waals surface area contributed by atoms with Gasteiger partial charge in [-0.2, -0.15) is 12.6 Å². The zero-order valence-electron chi connectivity index (χ0n) is 9.70. The molecule has 0 unspecified atom stereocenters. The van der Waals surface area contributed by atoms with Crippen LogP contribution >= 0.6 is 12.6 Å². The molecule has 0 aliphatic carbocycles. The van der Waals surface area contributed by atoms with Crippen molar-refractivity contribution in [1.29, 1.82) is 0 Å². The normalized spacial score (nSPS) is 6.08. The second kappa shape index (κ2) is 22.5. The van der Waals surface area contributed by atoms with Crippen LogP contribution in [0.5, 0.6) is 0 Å². The third kappa shape index (κ3) is 18.5. The number of pyridine rings is 1. The molecule has 0 saturated carbocycles. The lowest BCUT2D eigenvalue weighted by molar-refractivity contribution is 1.20. The fourth-order valence-electron chi connectivity index (χ4n) is 0.448. The highest BCUT2D eigenvalue weighted by Gasteiger charge is 1.73. The van der Waals surface area contributed by atoms with Gasteiger partial charge in [0.1, 0.15) is 0 Å². The average molecular weight is 201 g/mol. The number of rotatable bonds is 0. The fraction of sp³-hybridized carbons (Fsp3) is 0.545. The first-order valence-electron chi connectivity index (χ1n) is 4.72. The Morgan fingerprint density at radius 1 is 1.00 bits per heavy atom. The molecule has 0 amide bonds. The summed E-state index contributed by atoms with van der Waals surface area (Å²) < 4.78 is 0. The minimum Gasteiger partial charge on any atom is -0.262 e. The Morgan fingerprint density at radius 3 is 1.62 bits per heavy atom. The van der Waals surface area contributed by atoms with E-state index in [4.69, 9.17) is 0 Å². The predicted molar refractivity (Wildman–Crippen MR) is 66.6 cm³/mol. The molecule has 0 saturated heterocycles. The molecule has 0 fully saturated rings. The molecule has 0 aliphatic heterocycles. The van der Waals surface area contributed by atoms with Crippen molar-refractivity contribution >= 4 is 12.6 Å². The summed E-state index contributed by atoms with van der Waals surface area (Å²) in [6.45, 7) is 9.97. The van der Waals surface area contributed by atoms with E-state index in [9.17, 15) is 0 Å².